The number of fused-ring (bicyclic) bond motifs is 5. The Hall–Kier alpha value is -5.36. The molecule has 1 amide bonds. The molecule has 2 aromatic carbocycles. The van der Waals surface area contributed by atoms with Gasteiger partial charge in [-0.1, -0.05) is 24.3 Å². The highest BCUT2D eigenvalue weighted by Gasteiger charge is 2.55. The van der Waals surface area contributed by atoms with E-state index in [1.54, 1.807) is 77.3 Å². The van der Waals surface area contributed by atoms with Crippen molar-refractivity contribution in [2.75, 3.05) is 38.1 Å². The molecule has 0 saturated carbocycles. The second-order valence-electron chi connectivity index (χ2n) is 14.7. The van der Waals surface area contributed by atoms with Crippen LogP contribution in [0.4, 0.5) is 5.69 Å². The minimum Gasteiger partial charge on any atom is -0.317 e. The average Bonchev–Trinajstić information content (AvgIpc) is 3.92. The van der Waals surface area contributed by atoms with Crippen LogP contribution < -0.4 is 10.2 Å². The van der Waals surface area contributed by atoms with Gasteiger partial charge < -0.3 is 10.2 Å². The Morgan fingerprint density at radius 1 is 0.925 bits per heavy atom. The molecule has 1 N–H and O–H groups in total. The van der Waals surface area contributed by atoms with Gasteiger partial charge in [0.1, 0.15) is 0 Å². The summed E-state index contributed by atoms with van der Waals surface area (Å²) in [6.45, 7) is 2.98. The number of nitriles is 1. The number of nitrogens with zero attached hydrogens (tertiary/aromatic N) is 9. The molecule has 1 spiro atoms. The molecule has 0 unspecified atom stereocenters. The van der Waals surface area contributed by atoms with E-state index < -0.39 is 15.4 Å². The maximum atomic E-state index is 15.0. The third kappa shape index (κ3) is 4.84. The third-order valence-electron chi connectivity index (χ3n) is 12.0. The number of hydrogen-bond acceptors (Lipinski definition) is 9. The summed E-state index contributed by atoms with van der Waals surface area (Å²) in [4.78, 5) is 23.9. The van der Waals surface area contributed by atoms with Gasteiger partial charge in [-0.05, 0) is 68.6 Å². The molecule has 0 aliphatic carbocycles. The molecule has 53 heavy (non-hydrogen) atoms. The molecule has 9 rings (SSSR count). The summed E-state index contributed by atoms with van der Waals surface area (Å²) in [5, 5.41) is 23.8. The van der Waals surface area contributed by atoms with Gasteiger partial charge in [0.25, 0.3) is 10.0 Å². The molecule has 3 aliphatic heterocycles. The molecule has 270 valence electrons. The number of hydrogen-bond donors (Lipinski definition) is 1. The van der Waals surface area contributed by atoms with Crippen molar-refractivity contribution in [2.45, 2.75) is 48.0 Å². The van der Waals surface area contributed by atoms with Gasteiger partial charge in [0, 0.05) is 73.4 Å². The van der Waals surface area contributed by atoms with Crippen molar-refractivity contribution in [1.82, 2.24) is 38.7 Å². The minimum atomic E-state index is -4.23. The zero-order chi connectivity index (χ0) is 36.7. The third-order valence-corrected chi connectivity index (χ3v) is 13.7. The van der Waals surface area contributed by atoms with Gasteiger partial charge in [0.2, 0.25) is 5.91 Å². The highest BCUT2D eigenvalue weighted by molar-refractivity contribution is 7.90. The van der Waals surface area contributed by atoms with Crippen LogP contribution in [0.15, 0.2) is 78.2 Å². The summed E-state index contributed by atoms with van der Waals surface area (Å²) in [7, 11) is 1.26. The van der Waals surface area contributed by atoms with Crippen molar-refractivity contribution in [1.29, 1.82) is 5.26 Å². The summed E-state index contributed by atoms with van der Waals surface area (Å²) in [5.41, 5.74) is 4.00. The lowest BCUT2D eigenvalue weighted by Crippen LogP contribution is -2.59. The number of rotatable bonds is 6. The molecular formula is C39H40N10O3S. The minimum absolute atomic E-state index is 0.0173. The first-order valence-corrected chi connectivity index (χ1v) is 19.4. The second kappa shape index (κ2) is 12.1. The van der Waals surface area contributed by atoms with Crippen LogP contribution in [0.25, 0.3) is 44.3 Å². The molecule has 0 bridgehead atoms. The molecule has 2 saturated heterocycles. The summed E-state index contributed by atoms with van der Waals surface area (Å²) >= 11 is 0. The summed E-state index contributed by atoms with van der Waals surface area (Å²) in [6, 6.07) is 16.9. The number of benzene rings is 2. The van der Waals surface area contributed by atoms with Crippen LogP contribution >= 0.6 is 0 Å². The van der Waals surface area contributed by atoms with E-state index in [9.17, 15) is 18.5 Å². The number of carbonyl (C=O) groups excluding carboxylic acids is 1. The van der Waals surface area contributed by atoms with Gasteiger partial charge in [-0.15, -0.1) is 0 Å². The molecule has 14 heteroatoms. The number of aryl methyl sites for hydroxylation is 2. The number of amides is 1. The van der Waals surface area contributed by atoms with Crippen molar-refractivity contribution in [3.8, 4) is 28.5 Å². The number of carbonyl (C=O) groups is 1. The van der Waals surface area contributed by atoms with Gasteiger partial charge >= 0.3 is 0 Å². The number of aromatic nitrogens is 6. The summed E-state index contributed by atoms with van der Waals surface area (Å²) in [5.74, 6) is -0.0173. The SMILES string of the molecule is CN1C(=O)C2(CCN(C3(CC#N)CCNCC3)CC2)c2c1cnc1c2c(-c2ccc3c(cnn3C)c2)c(-c2cnn(C)c2)n1S(=O)(=O)c1ccccc1. The fourth-order valence-corrected chi connectivity index (χ4v) is 10.8. The number of piperidine rings is 2. The van der Waals surface area contributed by atoms with E-state index in [0.717, 1.165) is 48.0 Å². The van der Waals surface area contributed by atoms with Gasteiger partial charge in [0.05, 0.1) is 58.3 Å². The van der Waals surface area contributed by atoms with Crippen LogP contribution in [-0.4, -0.2) is 86.5 Å². The molecular weight excluding hydrogens is 689 g/mol. The molecule has 4 aromatic heterocycles. The van der Waals surface area contributed by atoms with Crippen LogP contribution in [0.5, 0.6) is 0 Å². The fourth-order valence-electron chi connectivity index (χ4n) is 9.29. The first kappa shape index (κ1) is 33.5. The molecule has 0 atom stereocenters. The zero-order valence-corrected chi connectivity index (χ0v) is 30.8. The molecule has 0 radical (unpaired) electrons. The summed E-state index contributed by atoms with van der Waals surface area (Å²) in [6.07, 6.45) is 10.2. The molecule has 13 nitrogen and oxygen atoms in total. The van der Waals surface area contributed by atoms with E-state index in [1.165, 1.54) is 3.97 Å². The lowest BCUT2D eigenvalue weighted by Gasteiger charge is -2.50. The quantitative estimate of drug-likeness (QED) is 0.261. The highest BCUT2D eigenvalue weighted by atomic mass is 32.2. The Morgan fingerprint density at radius 3 is 2.38 bits per heavy atom. The van der Waals surface area contributed by atoms with E-state index in [2.05, 4.69) is 26.5 Å². The predicted molar refractivity (Wildman–Crippen MR) is 202 cm³/mol. The largest absolute Gasteiger partial charge is 0.317 e. The maximum Gasteiger partial charge on any atom is 0.269 e. The Bertz CT molecular complexity index is 2580. The van der Waals surface area contributed by atoms with E-state index in [4.69, 9.17) is 4.98 Å². The molecule has 6 aromatic rings. The smallest absolute Gasteiger partial charge is 0.269 e. The van der Waals surface area contributed by atoms with Crippen molar-refractivity contribution in [2.24, 2.45) is 14.1 Å². The Balaban J connectivity index is 1.35. The van der Waals surface area contributed by atoms with Crippen LogP contribution in [0, 0.1) is 11.3 Å². The Morgan fingerprint density at radius 2 is 1.68 bits per heavy atom. The monoisotopic (exact) mass is 728 g/mol. The zero-order valence-electron chi connectivity index (χ0n) is 30.0. The Kier molecular flexibility index (Phi) is 7.64. The van der Waals surface area contributed by atoms with Gasteiger partial charge in [-0.2, -0.15) is 15.5 Å². The highest BCUT2D eigenvalue weighted by Crippen LogP contribution is 2.55. The number of likely N-dealkylation sites (tertiary alicyclic amines) is 1. The van der Waals surface area contributed by atoms with Crippen molar-refractivity contribution in [3.63, 3.8) is 0 Å². The van der Waals surface area contributed by atoms with Crippen molar-refractivity contribution < 1.29 is 13.2 Å². The van der Waals surface area contributed by atoms with Crippen molar-refractivity contribution in [3.05, 3.63) is 78.9 Å². The van der Waals surface area contributed by atoms with E-state index in [-0.39, 0.29) is 22.0 Å². The Labute approximate surface area is 307 Å². The van der Waals surface area contributed by atoms with Crippen LogP contribution in [0.3, 0.4) is 0 Å². The fraction of sp³-hybridized carbons (Fsp3) is 0.359. The second-order valence-corrected chi connectivity index (χ2v) is 16.5. The lowest BCUT2D eigenvalue weighted by molar-refractivity contribution is -0.125. The molecule has 7 heterocycles. The number of anilines is 1. The topological polar surface area (TPSA) is 147 Å². The summed E-state index contributed by atoms with van der Waals surface area (Å²) < 4.78 is 34.8. The predicted octanol–water partition coefficient (Wildman–Crippen LogP) is 4.57. The number of nitrogens with one attached hydrogen (secondary N) is 1. The first-order valence-electron chi connectivity index (χ1n) is 18.0. The molecule has 2 fully saturated rings. The van der Waals surface area contributed by atoms with Gasteiger partial charge in [-0.3, -0.25) is 19.1 Å². The van der Waals surface area contributed by atoms with Gasteiger partial charge in [0.15, 0.2) is 5.65 Å². The lowest BCUT2D eigenvalue weighted by atomic mass is 9.70. The average molecular weight is 729 g/mol. The number of pyridine rings is 1. The van der Waals surface area contributed by atoms with Crippen molar-refractivity contribution >= 4 is 43.6 Å². The first-order chi connectivity index (χ1) is 25.6. The molecule has 3 aliphatic rings. The standard InChI is InChI=1S/C39H40N10O3S/c1-45-25-28(23-43-45)35-32(26-9-10-30-27(21-26)22-44-47(30)3)33-34-31(24-42-36(33)49(35)53(51,52)29-7-5-4-6-8-29)46(2)37(50)39(34)14-19-48(20-15-39)38(11-16-40)12-17-41-18-13-38/h4-10,21-25,41H,11-15,17-20H2,1-3H3. The van der Waals surface area contributed by atoms with Crippen LogP contribution in [0.2, 0.25) is 0 Å². The van der Waals surface area contributed by atoms with Gasteiger partial charge in [-0.25, -0.2) is 17.4 Å². The van der Waals surface area contributed by atoms with Crippen LogP contribution in [0.1, 0.15) is 37.7 Å². The van der Waals surface area contributed by atoms with E-state index in [0.29, 0.717) is 60.2 Å². The normalized spacial score (nSPS) is 18.6. The van der Waals surface area contributed by atoms with E-state index in [1.807, 2.05) is 31.4 Å². The van der Waals surface area contributed by atoms with E-state index >= 15 is 0 Å². The maximum absolute atomic E-state index is 15.0. The van der Waals surface area contributed by atoms with Crippen LogP contribution in [-0.2, 0) is 34.3 Å². The number of likely N-dealkylation sites (N-methyl/N-ethyl adjacent to an activating group) is 1.